The van der Waals surface area contributed by atoms with E-state index in [-0.39, 0.29) is 35.6 Å². The third kappa shape index (κ3) is 5.15. The second-order valence-corrected chi connectivity index (χ2v) is 10.5. The Morgan fingerprint density at radius 1 is 1.15 bits per heavy atom. The minimum absolute atomic E-state index is 0.00340. The van der Waals surface area contributed by atoms with Crippen molar-refractivity contribution in [1.82, 2.24) is 14.4 Å². The maximum absolute atomic E-state index is 13.5. The number of amides is 1. The molecule has 1 aromatic carbocycles. The van der Waals surface area contributed by atoms with Crippen molar-refractivity contribution in [3.05, 3.63) is 71.0 Å². The van der Waals surface area contributed by atoms with Gasteiger partial charge >= 0.3 is 0 Å². The largest absolute Gasteiger partial charge is 0.467 e. The summed E-state index contributed by atoms with van der Waals surface area (Å²) >= 11 is 0. The number of nitrogens with zero attached hydrogens (tertiary/aromatic N) is 3. The van der Waals surface area contributed by atoms with Crippen LogP contribution in [0.1, 0.15) is 41.2 Å². The number of aromatic nitrogens is 1. The Morgan fingerprint density at radius 3 is 2.50 bits per heavy atom. The fourth-order valence-corrected chi connectivity index (χ4v) is 5.87. The number of hydrogen-bond donors (Lipinski definition) is 0. The number of rotatable bonds is 7. The minimum Gasteiger partial charge on any atom is -0.467 e. The zero-order valence-corrected chi connectivity index (χ0v) is 20.4. The van der Waals surface area contributed by atoms with Crippen molar-refractivity contribution in [1.29, 1.82) is 0 Å². The van der Waals surface area contributed by atoms with Crippen LogP contribution >= 0.6 is 0 Å². The zero-order valence-electron chi connectivity index (χ0n) is 19.6. The van der Waals surface area contributed by atoms with E-state index in [0.717, 1.165) is 11.1 Å². The van der Waals surface area contributed by atoms with Gasteiger partial charge in [-0.1, -0.05) is 41.1 Å². The van der Waals surface area contributed by atoms with Gasteiger partial charge in [-0.05, 0) is 50.5 Å². The van der Waals surface area contributed by atoms with Gasteiger partial charge in [-0.2, -0.15) is 4.31 Å². The van der Waals surface area contributed by atoms with E-state index in [4.69, 9.17) is 8.94 Å². The number of carbonyl (C=O) groups excluding carboxylic acids is 1. The predicted molar refractivity (Wildman–Crippen MR) is 128 cm³/mol. The lowest BCUT2D eigenvalue weighted by atomic mass is 9.96. The van der Waals surface area contributed by atoms with E-state index < -0.39 is 10.0 Å². The first kappa shape index (κ1) is 24.0. The summed E-state index contributed by atoms with van der Waals surface area (Å²) in [5.74, 6) is 0.687. The Hall–Kier alpha value is -3.17. The van der Waals surface area contributed by atoms with Crippen LogP contribution < -0.4 is 0 Å². The first-order valence-corrected chi connectivity index (χ1v) is 12.7. The van der Waals surface area contributed by atoms with Gasteiger partial charge in [-0.25, -0.2) is 8.42 Å². The molecular weight excluding hydrogens is 454 g/mol. The minimum atomic E-state index is -3.82. The Bertz CT molecular complexity index is 1250. The van der Waals surface area contributed by atoms with E-state index in [9.17, 15) is 13.2 Å². The van der Waals surface area contributed by atoms with Crippen LogP contribution in [0.2, 0.25) is 0 Å². The molecule has 2 aromatic heterocycles. The highest BCUT2D eigenvalue weighted by Crippen LogP contribution is 2.30. The van der Waals surface area contributed by atoms with Gasteiger partial charge in [-0.3, -0.25) is 4.79 Å². The molecule has 1 aliphatic heterocycles. The van der Waals surface area contributed by atoms with Gasteiger partial charge in [-0.15, -0.1) is 0 Å². The zero-order chi connectivity index (χ0) is 24.3. The van der Waals surface area contributed by atoms with Gasteiger partial charge in [0.2, 0.25) is 15.9 Å². The molecule has 1 amide bonds. The number of sulfonamides is 1. The van der Waals surface area contributed by atoms with E-state index in [1.165, 1.54) is 4.31 Å². The molecule has 180 valence electrons. The highest BCUT2D eigenvalue weighted by atomic mass is 32.2. The highest BCUT2D eigenvalue weighted by Gasteiger charge is 2.36. The summed E-state index contributed by atoms with van der Waals surface area (Å²) in [7, 11) is -2.08. The second kappa shape index (κ2) is 9.99. The maximum Gasteiger partial charge on any atom is 0.248 e. The molecule has 1 fully saturated rings. The molecule has 4 rings (SSSR count). The van der Waals surface area contributed by atoms with Gasteiger partial charge in [0.15, 0.2) is 10.7 Å². The third-order valence-corrected chi connectivity index (χ3v) is 8.15. The molecule has 0 bridgehead atoms. The summed E-state index contributed by atoms with van der Waals surface area (Å²) in [6.07, 6.45) is 5.93. The van der Waals surface area contributed by atoms with Crippen LogP contribution in [0.3, 0.4) is 0 Å². The molecule has 3 aromatic rings. The molecule has 34 heavy (non-hydrogen) atoms. The van der Waals surface area contributed by atoms with Crippen molar-refractivity contribution in [3.63, 3.8) is 0 Å². The molecule has 3 heterocycles. The molecular formula is C25H29N3O5S. The number of carbonyl (C=O) groups is 1. The Labute approximate surface area is 199 Å². The van der Waals surface area contributed by atoms with Crippen LogP contribution in [-0.2, 0) is 21.4 Å². The average molecular weight is 484 g/mol. The summed E-state index contributed by atoms with van der Waals surface area (Å²) in [4.78, 5) is 14.6. The summed E-state index contributed by atoms with van der Waals surface area (Å²) in [6, 6.07) is 11.5. The predicted octanol–water partition coefficient (Wildman–Crippen LogP) is 4.11. The number of furan rings is 1. The second-order valence-electron chi connectivity index (χ2n) is 8.66. The lowest BCUT2D eigenvalue weighted by Crippen LogP contribution is -2.43. The fourth-order valence-electron chi connectivity index (χ4n) is 4.15. The van der Waals surface area contributed by atoms with Gasteiger partial charge in [0.25, 0.3) is 0 Å². The van der Waals surface area contributed by atoms with Gasteiger partial charge in [0.05, 0.1) is 12.8 Å². The van der Waals surface area contributed by atoms with Crippen molar-refractivity contribution in [2.24, 2.45) is 5.92 Å². The molecule has 0 spiro atoms. The lowest BCUT2D eigenvalue weighted by molar-refractivity contribution is -0.136. The first-order chi connectivity index (χ1) is 16.3. The van der Waals surface area contributed by atoms with Crippen LogP contribution in [0.25, 0.3) is 12.2 Å². The third-order valence-electron chi connectivity index (χ3n) is 6.09. The summed E-state index contributed by atoms with van der Waals surface area (Å²) in [5.41, 5.74) is 2.39. The molecule has 0 radical (unpaired) electrons. The van der Waals surface area contributed by atoms with Crippen LogP contribution in [0, 0.1) is 19.8 Å². The molecule has 0 aliphatic carbocycles. The Balaban J connectivity index is 1.44. The average Bonchev–Trinajstić information content (AvgIpc) is 3.48. The van der Waals surface area contributed by atoms with Crippen molar-refractivity contribution in [2.75, 3.05) is 20.1 Å². The molecule has 1 aliphatic rings. The quantitative estimate of drug-likeness (QED) is 0.502. The Kier molecular flexibility index (Phi) is 7.04. The van der Waals surface area contributed by atoms with Crippen molar-refractivity contribution in [3.8, 4) is 0 Å². The summed E-state index contributed by atoms with van der Waals surface area (Å²) in [6.45, 7) is 4.55. The van der Waals surface area contributed by atoms with Crippen LogP contribution in [0.15, 0.2) is 56.5 Å². The van der Waals surface area contributed by atoms with Gasteiger partial charge in [0.1, 0.15) is 11.5 Å². The SMILES string of the molecule is Cc1ccc(/C=C/c2onc(C)c2S(=O)(=O)N2CCC(C(=O)N(C)Cc3ccco3)CC2)cc1. The summed E-state index contributed by atoms with van der Waals surface area (Å²) < 4.78 is 39.0. The Morgan fingerprint density at radius 2 is 1.85 bits per heavy atom. The maximum atomic E-state index is 13.5. The molecule has 9 heteroatoms. The molecule has 0 N–H and O–H groups in total. The number of aryl methyl sites for hydroxylation is 2. The standard InChI is InChI=1S/C25H29N3O5S/c1-18-6-8-20(9-7-18)10-11-23-24(19(2)26-33-23)34(30,31)28-14-12-21(13-15-28)25(29)27(3)17-22-5-4-16-32-22/h4-11,16,21H,12-15,17H2,1-3H3/b11-10+. The normalized spacial score (nSPS) is 15.7. The van der Waals surface area contributed by atoms with E-state index >= 15 is 0 Å². The number of hydrogen-bond acceptors (Lipinski definition) is 6. The first-order valence-electron chi connectivity index (χ1n) is 11.2. The highest BCUT2D eigenvalue weighted by molar-refractivity contribution is 7.89. The van der Waals surface area contributed by atoms with Crippen molar-refractivity contribution >= 4 is 28.1 Å². The molecule has 1 saturated heterocycles. The lowest BCUT2D eigenvalue weighted by Gasteiger charge is -2.32. The van der Waals surface area contributed by atoms with Gasteiger partial charge < -0.3 is 13.8 Å². The van der Waals surface area contributed by atoms with Crippen molar-refractivity contribution in [2.45, 2.75) is 38.1 Å². The van der Waals surface area contributed by atoms with Crippen LogP contribution in [0.5, 0.6) is 0 Å². The molecule has 0 atom stereocenters. The molecule has 0 saturated carbocycles. The molecule has 8 nitrogen and oxygen atoms in total. The van der Waals surface area contributed by atoms with E-state index in [2.05, 4.69) is 5.16 Å². The van der Waals surface area contributed by atoms with Crippen LogP contribution in [-0.4, -0.2) is 48.8 Å². The van der Waals surface area contributed by atoms with Gasteiger partial charge in [0, 0.05) is 26.1 Å². The van der Waals surface area contributed by atoms with E-state index in [1.54, 1.807) is 43.4 Å². The number of benzene rings is 1. The smallest absolute Gasteiger partial charge is 0.248 e. The topological polar surface area (TPSA) is 96.9 Å². The number of piperidine rings is 1. The van der Waals surface area contributed by atoms with Crippen molar-refractivity contribution < 1.29 is 22.2 Å². The molecule has 0 unspecified atom stereocenters. The van der Waals surface area contributed by atoms with E-state index in [0.29, 0.717) is 30.8 Å². The monoisotopic (exact) mass is 483 g/mol. The van der Waals surface area contributed by atoms with Crippen LogP contribution in [0.4, 0.5) is 0 Å². The van der Waals surface area contributed by atoms with E-state index in [1.807, 2.05) is 37.3 Å². The summed E-state index contributed by atoms with van der Waals surface area (Å²) in [5, 5.41) is 3.90. The fraction of sp³-hybridized carbons (Fsp3) is 0.360.